The number of carbonyl (C=O) groups excluding carboxylic acids is 1. The molecule has 1 atom stereocenters. The number of carbonyl (C=O) groups is 1. The fourth-order valence-electron chi connectivity index (χ4n) is 3.22. The Bertz CT molecular complexity index is 1120. The summed E-state index contributed by atoms with van der Waals surface area (Å²) in [5.74, 6) is 0.116. The van der Waals surface area contributed by atoms with Gasteiger partial charge in [-0.2, -0.15) is 0 Å². The predicted octanol–water partition coefficient (Wildman–Crippen LogP) is 4.36. The third-order valence-electron chi connectivity index (χ3n) is 4.64. The Kier molecular flexibility index (Phi) is 7.09. The molecule has 0 aromatic heterocycles. The van der Waals surface area contributed by atoms with E-state index in [1.54, 1.807) is 6.92 Å². The van der Waals surface area contributed by atoms with E-state index in [-0.39, 0.29) is 23.5 Å². The van der Waals surface area contributed by atoms with E-state index in [4.69, 9.17) is 4.74 Å². The van der Waals surface area contributed by atoms with Crippen molar-refractivity contribution in [3.8, 4) is 5.75 Å². The summed E-state index contributed by atoms with van der Waals surface area (Å²) in [7, 11) is -3.69. The number of nitrogens with one attached hydrogen (secondary N) is 2. The summed E-state index contributed by atoms with van der Waals surface area (Å²) in [4.78, 5) is 12.3. The van der Waals surface area contributed by atoms with Gasteiger partial charge >= 0.3 is 0 Å². The first kappa shape index (κ1) is 22.5. The van der Waals surface area contributed by atoms with Crippen molar-refractivity contribution in [3.05, 3.63) is 89.5 Å². The van der Waals surface area contributed by atoms with Crippen LogP contribution < -0.4 is 14.8 Å². The number of hydrogen-bond donors (Lipinski definition) is 2. The van der Waals surface area contributed by atoms with Gasteiger partial charge < -0.3 is 10.1 Å². The van der Waals surface area contributed by atoms with Crippen molar-refractivity contribution in [3.63, 3.8) is 0 Å². The van der Waals surface area contributed by atoms with Crippen LogP contribution in [0.15, 0.2) is 77.7 Å². The number of rotatable bonds is 8. The van der Waals surface area contributed by atoms with Crippen molar-refractivity contribution >= 4 is 21.6 Å². The van der Waals surface area contributed by atoms with Gasteiger partial charge in [0, 0.05) is 11.7 Å². The number of ether oxygens (including phenoxy) is 1. The van der Waals surface area contributed by atoms with Crippen molar-refractivity contribution in [1.29, 1.82) is 0 Å². The standard InChI is InChI=1S/C24H26N2O4S/c1-17-13-18(2)15-21(14-17)25-24(27)16-30-22-9-11-23(12-10-22)31(28,29)26-19(3)20-7-5-4-6-8-20/h4-15,19,26H,16H2,1-3H3,(H,25,27)/t19-/m0/s1. The van der Waals surface area contributed by atoms with E-state index in [1.807, 2.05) is 62.4 Å². The molecule has 0 heterocycles. The van der Waals surface area contributed by atoms with Crippen LogP contribution >= 0.6 is 0 Å². The second-order valence-corrected chi connectivity index (χ2v) is 9.15. The van der Waals surface area contributed by atoms with Crippen molar-refractivity contribution in [2.24, 2.45) is 0 Å². The maximum atomic E-state index is 12.6. The lowest BCUT2D eigenvalue weighted by Gasteiger charge is -2.15. The largest absolute Gasteiger partial charge is 0.484 e. The topological polar surface area (TPSA) is 84.5 Å². The molecule has 7 heteroatoms. The van der Waals surface area contributed by atoms with Gasteiger partial charge in [-0.3, -0.25) is 4.79 Å². The number of anilines is 1. The number of hydrogen-bond acceptors (Lipinski definition) is 4. The normalized spacial score (nSPS) is 12.2. The highest BCUT2D eigenvalue weighted by Crippen LogP contribution is 2.20. The Hall–Kier alpha value is -3.16. The van der Waals surface area contributed by atoms with Crippen molar-refractivity contribution in [1.82, 2.24) is 4.72 Å². The Morgan fingerprint density at radius 1 is 0.935 bits per heavy atom. The molecule has 3 aromatic carbocycles. The van der Waals surface area contributed by atoms with Crippen molar-refractivity contribution < 1.29 is 17.9 Å². The average molecular weight is 439 g/mol. The minimum atomic E-state index is -3.69. The van der Waals surface area contributed by atoms with E-state index in [2.05, 4.69) is 10.0 Å². The highest BCUT2D eigenvalue weighted by atomic mass is 32.2. The first-order valence-corrected chi connectivity index (χ1v) is 11.4. The molecule has 0 fully saturated rings. The highest BCUT2D eigenvalue weighted by Gasteiger charge is 2.18. The number of benzene rings is 3. The van der Waals surface area contributed by atoms with E-state index in [0.717, 1.165) is 16.7 Å². The average Bonchev–Trinajstić information content (AvgIpc) is 2.72. The third kappa shape index (κ3) is 6.41. The Morgan fingerprint density at radius 2 is 1.55 bits per heavy atom. The van der Waals surface area contributed by atoms with Gasteiger partial charge in [0.05, 0.1) is 4.90 Å². The third-order valence-corrected chi connectivity index (χ3v) is 6.20. The van der Waals surface area contributed by atoms with Crippen LogP contribution in [0, 0.1) is 13.8 Å². The molecule has 0 saturated heterocycles. The summed E-state index contributed by atoms with van der Waals surface area (Å²) in [5, 5.41) is 2.80. The molecule has 0 bridgehead atoms. The van der Waals surface area contributed by atoms with E-state index in [1.165, 1.54) is 24.3 Å². The van der Waals surface area contributed by atoms with E-state index in [0.29, 0.717) is 11.4 Å². The fraction of sp³-hybridized carbons (Fsp3) is 0.208. The van der Waals surface area contributed by atoms with Crippen LogP contribution in [0.1, 0.15) is 29.7 Å². The molecule has 0 saturated carbocycles. The SMILES string of the molecule is Cc1cc(C)cc(NC(=O)COc2ccc(S(=O)(=O)N[C@@H](C)c3ccccc3)cc2)c1. The lowest BCUT2D eigenvalue weighted by molar-refractivity contribution is -0.118. The second-order valence-electron chi connectivity index (χ2n) is 7.44. The van der Waals surface area contributed by atoms with Crippen LogP contribution in [0.3, 0.4) is 0 Å². The number of sulfonamides is 1. The highest BCUT2D eigenvalue weighted by molar-refractivity contribution is 7.89. The molecular formula is C24H26N2O4S. The lowest BCUT2D eigenvalue weighted by Crippen LogP contribution is -2.26. The smallest absolute Gasteiger partial charge is 0.262 e. The maximum Gasteiger partial charge on any atom is 0.262 e. The molecule has 0 radical (unpaired) electrons. The van der Waals surface area contributed by atoms with Crippen LogP contribution in [0.5, 0.6) is 5.75 Å². The van der Waals surface area contributed by atoms with Gasteiger partial charge in [0.15, 0.2) is 6.61 Å². The summed E-state index contributed by atoms with van der Waals surface area (Å²) >= 11 is 0. The van der Waals surface area contributed by atoms with E-state index in [9.17, 15) is 13.2 Å². The van der Waals surface area contributed by atoms with Crippen LogP contribution in [-0.2, 0) is 14.8 Å². The molecule has 1 amide bonds. The van der Waals surface area contributed by atoms with Crippen molar-refractivity contribution in [2.45, 2.75) is 31.7 Å². The van der Waals surface area contributed by atoms with Gasteiger partial charge in [-0.1, -0.05) is 36.4 Å². The Labute approximate surface area is 183 Å². The number of amides is 1. The molecule has 0 unspecified atom stereocenters. The van der Waals surface area contributed by atoms with Crippen LogP contribution in [-0.4, -0.2) is 20.9 Å². The summed E-state index contributed by atoms with van der Waals surface area (Å²) in [6, 6.07) is 20.7. The molecule has 2 N–H and O–H groups in total. The van der Waals surface area contributed by atoms with Gasteiger partial charge in [0.25, 0.3) is 5.91 Å². The minimum absolute atomic E-state index is 0.127. The van der Waals surface area contributed by atoms with Gasteiger partial charge in [-0.25, -0.2) is 13.1 Å². The van der Waals surface area contributed by atoms with Crippen LogP contribution in [0.4, 0.5) is 5.69 Å². The zero-order valence-corrected chi connectivity index (χ0v) is 18.6. The maximum absolute atomic E-state index is 12.6. The van der Waals surface area contributed by atoms with Gasteiger partial charge in [-0.15, -0.1) is 0 Å². The Morgan fingerprint density at radius 3 is 2.16 bits per heavy atom. The predicted molar refractivity (Wildman–Crippen MR) is 122 cm³/mol. The van der Waals surface area contributed by atoms with Crippen molar-refractivity contribution in [2.75, 3.05) is 11.9 Å². The molecule has 162 valence electrons. The zero-order chi connectivity index (χ0) is 22.4. The molecule has 3 aromatic rings. The molecule has 0 aliphatic rings. The molecule has 3 rings (SSSR count). The van der Waals surface area contributed by atoms with E-state index < -0.39 is 10.0 Å². The fourth-order valence-corrected chi connectivity index (χ4v) is 4.45. The molecular weight excluding hydrogens is 412 g/mol. The zero-order valence-electron chi connectivity index (χ0n) is 17.8. The van der Waals surface area contributed by atoms with Gasteiger partial charge in [-0.05, 0) is 73.9 Å². The molecule has 0 aliphatic carbocycles. The van der Waals surface area contributed by atoms with Gasteiger partial charge in [0.1, 0.15) is 5.75 Å². The lowest BCUT2D eigenvalue weighted by atomic mass is 10.1. The summed E-state index contributed by atoms with van der Waals surface area (Å²) < 4.78 is 33.4. The van der Waals surface area contributed by atoms with Gasteiger partial charge in [0.2, 0.25) is 10.0 Å². The monoisotopic (exact) mass is 438 g/mol. The molecule has 31 heavy (non-hydrogen) atoms. The Balaban J connectivity index is 1.57. The minimum Gasteiger partial charge on any atom is -0.484 e. The summed E-state index contributed by atoms with van der Waals surface area (Å²) in [6.45, 7) is 5.54. The van der Waals surface area contributed by atoms with Crippen LogP contribution in [0.2, 0.25) is 0 Å². The molecule has 0 spiro atoms. The quantitative estimate of drug-likeness (QED) is 0.547. The first-order valence-electron chi connectivity index (χ1n) is 9.91. The van der Waals surface area contributed by atoms with Crippen LogP contribution in [0.25, 0.3) is 0 Å². The molecule has 6 nitrogen and oxygen atoms in total. The second kappa shape index (κ2) is 9.76. The summed E-state index contributed by atoms with van der Waals surface area (Å²) in [5.41, 5.74) is 3.71. The van der Waals surface area contributed by atoms with E-state index >= 15 is 0 Å². The summed E-state index contributed by atoms with van der Waals surface area (Å²) in [6.07, 6.45) is 0. The first-order chi connectivity index (χ1) is 14.7. The number of aryl methyl sites for hydroxylation is 2. The molecule has 0 aliphatic heterocycles.